The Morgan fingerprint density at radius 1 is 1.11 bits per heavy atom. The maximum absolute atomic E-state index is 13.6. The minimum Gasteiger partial charge on any atom is -0.351 e. The molecule has 0 saturated heterocycles. The molecule has 0 bridgehead atoms. The Hall–Kier alpha value is -2.93. The van der Waals surface area contributed by atoms with Gasteiger partial charge in [-0.3, -0.25) is 14.4 Å². The molecule has 194 valence electrons. The summed E-state index contributed by atoms with van der Waals surface area (Å²) in [7, 11) is 0. The molecule has 1 aliphatic rings. The van der Waals surface area contributed by atoms with Gasteiger partial charge in [0.2, 0.25) is 11.8 Å². The lowest BCUT2D eigenvalue weighted by Gasteiger charge is -2.36. The van der Waals surface area contributed by atoms with E-state index in [-0.39, 0.29) is 36.0 Å². The number of carbonyl (C=O) groups excluding carboxylic acids is 3. The fourth-order valence-electron chi connectivity index (χ4n) is 4.52. The zero-order chi connectivity index (χ0) is 26.5. The number of carbonyl (C=O) groups is 3. The molecule has 1 aliphatic heterocycles. The molecule has 3 amide bonds. The highest BCUT2D eigenvalue weighted by Crippen LogP contribution is 2.32. The Kier molecular flexibility index (Phi) is 9.12. The highest BCUT2D eigenvalue weighted by atomic mass is 32.1. The molecule has 1 atom stereocenters. The maximum atomic E-state index is 13.6. The summed E-state index contributed by atoms with van der Waals surface area (Å²) in [5, 5.41) is 4.90. The summed E-state index contributed by atoms with van der Waals surface area (Å²) < 4.78 is 0. The smallest absolute Gasteiger partial charge is 0.251 e. The van der Waals surface area contributed by atoms with Gasteiger partial charge in [0.05, 0.1) is 19.0 Å². The van der Waals surface area contributed by atoms with E-state index >= 15 is 0 Å². The van der Waals surface area contributed by atoms with Crippen LogP contribution in [0.5, 0.6) is 0 Å². The Labute approximate surface area is 219 Å². The van der Waals surface area contributed by atoms with Gasteiger partial charge < -0.3 is 15.1 Å². The quantitative estimate of drug-likeness (QED) is 0.502. The summed E-state index contributed by atoms with van der Waals surface area (Å²) in [4.78, 5) is 44.3. The highest BCUT2D eigenvalue weighted by molar-refractivity contribution is 7.09. The van der Waals surface area contributed by atoms with Crippen LogP contribution in [0.4, 0.5) is 0 Å². The predicted molar refractivity (Wildman–Crippen MR) is 145 cm³/mol. The third-order valence-corrected chi connectivity index (χ3v) is 7.72. The van der Waals surface area contributed by atoms with E-state index in [2.05, 4.69) is 38.2 Å². The number of rotatable bonds is 9. The second-order valence-electron chi connectivity index (χ2n) is 10.4. The van der Waals surface area contributed by atoms with Gasteiger partial charge in [-0.15, -0.1) is 11.3 Å². The number of nitrogens with zero attached hydrogens (tertiary/aromatic N) is 2. The van der Waals surface area contributed by atoms with Crippen molar-refractivity contribution in [2.24, 2.45) is 5.92 Å². The first-order valence-electron chi connectivity index (χ1n) is 12.7. The summed E-state index contributed by atoms with van der Waals surface area (Å²) in [6, 6.07) is 12.2. The van der Waals surface area contributed by atoms with Crippen molar-refractivity contribution in [3.8, 4) is 0 Å². The van der Waals surface area contributed by atoms with E-state index in [0.29, 0.717) is 37.4 Å². The lowest BCUT2D eigenvalue weighted by Crippen LogP contribution is -2.44. The van der Waals surface area contributed by atoms with Crippen LogP contribution < -0.4 is 5.32 Å². The Morgan fingerprint density at radius 2 is 1.78 bits per heavy atom. The monoisotopic (exact) mass is 509 g/mol. The topological polar surface area (TPSA) is 69.7 Å². The number of likely N-dealkylation sites (N-methyl/N-ethyl adjacent to an activating group) is 1. The van der Waals surface area contributed by atoms with E-state index in [1.807, 2.05) is 50.4 Å². The van der Waals surface area contributed by atoms with E-state index in [0.717, 1.165) is 10.4 Å². The van der Waals surface area contributed by atoms with Gasteiger partial charge in [-0.25, -0.2) is 0 Å². The van der Waals surface area contributed by atoms with Crippen LogP contribution in [-0.2, 0) is 32.9 Å². The summed E-state index contributed by atoms with van der Waals surface area (Å²) in [6.45, 7) is 14.3. The molecule has 36 heavy (non-hydrogen) atoms. The first kappa shape index (κ1) is 27.7. The molecule has 1 N–H and O–H groups in total. The van der Waals surface area contributed by atoms with Crippen LogP contribution in [0.2, 0.25) is 0 Å². The van der Waals surface area contributed by atoms with Crippen LogP contribution >= 0.6 is 11.3 Å². The molecule has 1 aromatic carbocycles. The molecular weight excluding hydrogens is 470 g/mol. The minimum absolute atomic E-state index is 0.0419. The highest BCUT2D eigenvalue weighted by Gasteiger charge is 2.37. The van der Waals surface area contributed by atoms with E-state index in [9.17, 15) is 14.4 Å². The summed E-state index contributed by atoms with van der Waals surface area (Å²) in [6.07, 6.45) is 0.345. The third-order valence-electron chi connectivity index (χ3n) is 6.85. The van der Waals surface area contributed by atoms with Gasteiger partial charge in [0.25, 0.3) is 5.91 Å². The fourth-order valence-corrected chi connectivity index (χ4v) is 5.16. The van der Waals surface area contributed by atoms with Crippen LogP contribution in [0, 0.1) is 5.92 Å². The molecule has 1 aromatic heterocycles. The number of amides is 3. The molecule has 7 heteroatoms. The number of thiophene rings is 1. The second kappa shape index (κ2) is 11.9. The van der Waals surface area contributed by atoms with Crippen LogP contribution in [0.25, 0.3) is 0 Å². The molecule has 0 saturated carbocycles. The largest absolute Gasteiger partial charge is 0.351 e. The van der Waals surface area contributed by atoms with Gasteiger partial charge in [0, 0.05) is 35.7 Å². The zero-order valence-corrected chi connectivity index (χ0v) is 23.2. The summed E-state index contributed by atoms with van der Waals surface area (Å²) in [5.74, 6) is -0.900. The number of hydrogen-bond acceptors (Lipinski definition) is 4. The van der Waals surface area contributed by atoms with Crippen molar-refractivity contribution in [3.63, 3.8) is 0 Å². The zero-order valence-electron chi connectivity index (χ0n) is 22.4. The maximum Gasteiger partial charge on any atom is 0.251 e. The fraction of sp³-hybridized carbons (Fsp3) is 0.483. The van der Waals surface area contributed by atoms with E-state index in [4.69, 9.17) is 0 Å². The average Bonchev–Trinajstić information content (AvgIpc) is 3.36. The van der Waals surface area contributed by atoms with Crippen molar-refractivity contribution < 1.29 is 14.4 Å². The average molecular weight is 510 g/mol. The van der Waals surface area contributed by atoms with Crippen molar-refractivity contribution in [3.05, 3.63) is 69.1 Å². The van der Waals surface area contributed by atoms with Crippen molar-refractivity contribution in [2.45, 2.75) is 72.9 Å². The number of benzene rings is 1. The predicted octanol–water partition coefficient (Wildman–Crippen LogP) is 5.24. The van der Waals surface area contributed by atoms with Crippen molar-refractivity contribution in [1.29, 1.82) is 0 Å². The Balaban J connectivity index is 1.84. The molecule has 2 heterocycles. The van der Waals surface area contributed by atoms with E-state index in [1.165, 1.54) is 5.56 Å². The normalized spacial score (nSPS) is 16.3. The third kappa shape index (κ3) is 6.64. The molecule has 2 aromatic rings. The minimum atomic E-state index is -0.569. The lowest BCUT2D eigenvalue weighted by atomic mass is 9.86. The summed E-state index contributed by atoms with van der Waals surface area (Å²) in [5.41, 5.74) is 3.57. The number of hydrogen-bond donors (Lipinski definition) is 1. The van der Waals surface area contributed by atoms with Gasteiger partial charge >= 0.3 is 0 Å². The van der Waals surface area contributed by atoms with Crippen LogP contribution in [0.1, 0.15) is 70.4 Å². The Morgan fingerprint density at radius 3 is 2.33 bits per heavy atom. The first-order valence-corrected chi connectivity index (χ1v) is 13.6. The van der Waals surface area contributed by atoms with Gasteiger partial charge in [-0.2, -0.15) is 0 Å². The van der Waals surface area contributed by atoms with E-state index in [1.54, 1.807) is 21.1 Å². The van der Waals surface area contributed by atoms with Crippen molar-refractivity contribution in [2.75, 3.05) is 13.1 Å². The van der Waals surface area contributed by atoms with Crippen LogP contribution in [0.3, 0.4) is 0 Å². The van der Waals surface area contributed by atoms with Gasteiger partial charge in [0.15, 0.2) is 0 Å². The molecular formula is C29H39N3O3S. The van der Waals surface area contributed by atoms with Gasteiger partial charge in [0.1, 0.15) is 0 Å². The van der Waals surface area contributed by atoms with Gasteiger partial charge in [-0.05, 0) is 55.2 Å². The molecule has 0 aliphatic carbocycles. The van der Waals surface area contributed by atoms with Crippen molar-refractivity contribution >= 4 is 29.1 Å². The molecule has 0 radical (unpaired) electrons. The molecule has 0 fully saturated rings. The molecule has 6 nitrogen and oxygen atoms in total. The molecule has 1 unspecified atom stereocenters. The first-order chi connectivity index (χ1) is 17.0. The standard InChI is InChI=1S/C29H39N3O3S/c1-7-31(8-2)28(35)25-16-22(17-26(33)30-18-24-10-9-15-36-24)27(34)32(20(25)3)19-21-11-13-23(14-12-21)29(4,5)6/h9-15,22H,7-8,16-19H2,1-6H3,(H,30,33). The molecule has 0 spiro atoms. The van der Waals surface area contributed by atoms with Crippen LogP contribution in [-0.4, -0.2) is 40.6 Å². The SMILES string of the molecule is CCN(CC)C(=O)C1=C(C)N(Cc2ccc(C(C)(C)C)cc2)C(=O)C(CC(=O)NCc2cccs2)C1. The molecule has 3 rings (SSSR count). The number of allylic oxidation sites excluding steroid dienone is 1. The second-order valence-corrected chi connectivity index (χ2v) is 11.4. The van der Waals surface area contributed by atoms with Crippen LogP contribution in [0.15, 0.2) is 53.0 Å². The number of nitrogens with one attached hydrogen (secondary N) is 1. The Bertz CT molecular complexity index is 1090. The summed E-state index contributed by atoms with van der Waals surface area (Å²) >= 11 is 1.58. The van der Waals surface area contributed by atoms with Gasteiger partial charge in [-0.1, -0.05) is 51.1 Å². The lowest BCUT2D eigenvalue weighted by molar-refractivity contribution is -0.139. The van der Waals surface area contributed by atoms with Crippen molar-refractivity contribution in [1.82, 2.24) is 15.1 Å². The van der Waals surface area contributed by atoms with E-state index < -0.39 is 5.92 Å².